The average molecular weight is 446 g/mol. The minimum absolute atomic E-state index is 0.0343. The van der Waals surface area contributed by atoms with Crippen molar-refractivity contribution in [1.29, 1.82) is 0 Å². The number of nitrogens with one attached hydrogen (secondary N) is 1. The molecule has 1 atom stereocenters. The highest BCUT2D eigenvalue weighted by molar-refractivity contribution is 8.01. The van der Waals surface area contributed by atoms with Crippen LogP contribution >= 0.6 is 11.8 Å². The van der Waals surface area contributed by atoms with E-state index >= 15 is 0 Å². The molecule has 0 saturated heterocycles. The van der Waals surface area contributed by atoms with Crippen LogP contribution in [0.5, 0.6) is 11.5 Å². The Morgan fingerprint density at radius 2 is 1.87 bits per heavy atom. The summed E-state index contributed by atoms with van der Waals surface area (Å²) in [4.78, 5) is 37.6. The number of ether oxygens (including phenoxy) is 2. The maximum Gasteiger partial charge on any atom is 0.511 e. The molecular weight excluding hydrogens is 424 g/mol. The molecule has 0 spiro atoms. The molecule has 0 aromatic heterocycles. The van der Waals surface area contributed by atoms with Crippen molar-refractivity contribution in [2.24, 2.45) is 0 Å². The van der Waals surface area contributed by atoms with Crippen LogP contribution in [0.4, 0.5) is 10.5 Å². The van der Waals surface area contributed by atoms with Gasteiger partial charge in [-0.3, -0.25) is 14.8 Å². The van der Waals surface area contributed by atoms with Gasteiger partial charge in [-0.1, -0.05) is 12.1 Å². The van der Waals surface area contributed by atoms with E-state index in [1.54, 1.807) is 13.2 Å². The number of hydrogen-bond donors (Lipinski definition) is 3. The standard InChI is InChI=1S/C21H22N2O7S/c1-29-14-7-5-13(6-8-14)3-2-4-18-20(25)23(12-19(24)22-28)16-11-15(30-21(26)27)9-10-17(16)31-18/h5-11,18,28H,2-4,12H2,1H3,(H,22,24)(H,26,27). The number of hydrogen-bond acceptors (Lipinski definition) is 7. The van der Waals surface area contributed by atoms with Gasteiger partial charge in [-0.15, -0.1) is 11.8 Å². The number of hydroxylamine groups is 1. The number of nitrogens with zero attached hydrogens (tertiary/aromatic N) is 1. The lowest BCUT2D eigenvalue weighted by Crippen LogP contribution is -2.46. The molecule has 0 saturated carbocycles. The van der Waals surface area contributed by atoms with E-state index in [1.807, 2.05) is 24.3 Å². The summed E-state index contributed by atoms with van der Waals surface area (Å²) in [5, 5.41) is 17.3. The molecule has 2 aromatic rings. The Morgan fingerprint density at radius 1 is 1.16 bits per heavy atom. The highest BCUT2D eigenvalue weighted by atomic mass is 32.2. The number of carbonyl (C=O) groups excluding carboxylic acids is 2. The maximum absolute atomic E-state index is 13.1. The molecule has 1 aliphatic heterocycles. The normalized spacial score (nSPS) is 15.2. The number of anilines is 1. The summed E-state index contributed by atoms with van der Waals surface area (Å²) in [7, 11) is 1.61. The second-order valence-corrected chi connectivity index (χ2v) is 8.05. The maximum atomic E-state index is 13.1. The molecule has 0 aliphatic carbocycles. The Balaban J connectivity index is 1.74. The van der Waals surface area contributed by atoms with Crippen LogP contribution in [0.1, 0.15) is 18.4 Å². The number of carbonyl (C=O) groups is 3. The summed E-state index contributed by atoms with van der Waals surface area (Å²) >= 11 is 1.36. The third-order valence-electron chi connectivity index (χ3n) is 4.75. The third kappa shape index (κ3) is 5.68. The van der Waals surface area contributed by atoms with Crippen molar-refractivity contribution < 1.29 is 34.2 Å². The van der Waals surface area contributed by atoms with E-state index in [2.05, 4.69) is 4.74 Å². The molecule has 10 heteroatoms. The Labute approximate surface area is 182 Å². The van der Waals surface area contributed by atoms with Crippen LogP contribution in [0.15, 0.2) is 47.4 Å². The molecule has 1 aliphatic rings. The largest absolute Gasteiger partial charge is 0.511 e. The molecule has 1 heterocycles. The second kappa shape index (κ2) is 10.2. The van der Waals surface area contributed by atoms with Gasteiger partial charge in [-0.25, -0.2) is 10.3 Å². The van der Waals surface area contributed by atoms with Gasteiger partial charge in [0.15, 0.2) is 0 Å². The van der Waals surface area contributed by atoms with Gasteiger partial charge in [-0.2, -0.15) is 0 Å². The van der Waals surface area contributed by atoms with E-state index in [0.717, 1.165) is 29.1 Å². The van der Waals surface area contributed by atoms with Gasteiger partial charge in [0.1, 0.15) is 18.0 Å². The fourth-order valence-electron chi connectivity index (χ4n) is 3.28. The number of methoxy groups -OCH3 is 1. The zero-order valence-electron chi connectivity index (χ0n) is 16.7. The summed E-state index contributed by atoms with van der Waals surface area (Å²) < 4.78 is 9.82. The van der Waals surface area contributed by atoms with Crippen molar-refractivity contribution in [2.75, 3.05) is 18.6 Å². The molecule has 1 unspecified atom stereocenters. The summed E-state index contributed by atoms with van der Waals surface area (Å²) in [5.41, 5.74) is 3.01. The number of aryl methyl sites for hydroxylation is 1. The van der Waals surface area contributed by atoms with Crippen molar-refractivity contribution >= 4 is 35.4 Å². The average Bonchev–Trinajstić information content (AvgIpc) is 2.76. The van der Waals surface area contributed by atoms with Crippen molar-refractivity contribution in [1.82, 2.24) is 5.48 Å². The van der Waals surface area contributed by atoms with Gasteiger partial charge in [0.05, 0.1) is 18.0 Å². The summed E-state index contributed by atoms with van der Waals surface area (Å²) in [6.45, 7) is -0.394. The number of thioether (sulfide) groups is 1. The molecule has 3 rings (SSSR count). The quantitative estimate of drug-likeness (QED) is 0.244. The number of carboxylic acid groups (broad SMARTS) is 1. The Hall–Kier alpha value is -3.24. The number of rotatable bonds is 8. The van der Waals surface area contributed by atoms with Gasteiger partial charge in [0.2, 0.25) is 5.91 Å². The molecular formula is C21H22N2O7S. The van der Waals surface area contributed by atoms with Crippen LogP contribution in [0.25, 0.3) is 0 Å². The van der Waals surface area contributed by atoms with E-state index in [0.29, 0.717) is 12.1 Å². The van der Waals surface area contributed by atoms with E-state index in [9.17, 15) is 14.4 Å². The first kappa shape index (κ1) is 22.4. The molecule has 0 bridgehead atoms. The summed E-state index contributed by atoms with van der Waals surface area (Å²) in [6.07, 6.45) is 0.639. The second-order valence-electron chi connectivity index (χ2n) is 6.80. The zero-order chi connectivity index (χ0) is 22.4. The van der Waals surface area contributed by atoms with E-state index in [1.165, 1.54) is 34.3 Å². The smallest absolute Gasteiger partial charge is 0.497 e. The predicted molar refractivity (Wildman–Crippen MR) is 113 cm³/mol. The molecule has 31 heavy (non-hydrogen) atoms. The van der Waals surface area contributed by atoms with Crippen molar-refractivity contribution in [2.45, 2.75) is 29.4 Å². The molecule has 0 fully saturated rings. The lowest BCUT2D eigenvalue weighted by atomic mass is 10.1. The van der Waals surface area contributed by atoms with Crippen molar-refractivity contribution in [3.63, 3.8) is 0 Å². The van der Waals surface area contributed by atoms with Gasteiger partial charge < -0.3 is 19.5 Å². The van der Waals surface area contributed by atoms with Gasteiger partial charge in [0, 0.05) is 11.0 Å². The summed E-state index contributed by atoms with van der Waals surface area (Å²) in [6, 6.07) is 12.3. The van der Waals surface area contributed by atoms with E-state index in [4.69, 9.17) is 15.1 Å². The topological polar surface area (TPSA) is 125 Å². The highest BCUT2D eigenvalue weighted by Gasteiger charge is 2.34. The lowest BCUT2D eigenvalue weighted by molar-refractivity contribution is -0.129. The lowest BCUT2D eigenvalue weighted by Gasteiger charge is -2.33. The molecule has 2 amide bonds. The Kier molecular flexibility index (Phi) is 7.37. The van der Waals surface area contributed by atoms with Crippen LogP contribution in [0.2, 0.25) is 0 Å². The SMILES string of the molecule is COc1ccc(CCCC2Sc3ccc(OC(=O)O)cc3N(CC(=O)NO)C2=O)cc1. The van der Waals surface area contributed by atoms with Crippen LogP contribution in [-0.4, -0.2) is 47.2 Å². The fraction of sp³-hybridized carbons (Fsp3) is 0.286. The van der Waals surface area contributed by atoms with E-state index in [-0.39, 0.29) is 11.7 Å². The van der Waals surface area contributed by atoms with Crippen molar-refractivity contribution in [3.05, 3.63) is 48.0 Å². The minimum Gasteiger partial charge on any atom is -0.497 e. The monoisotopic (exact) mass is 446 g/mol. The number of amides is 2. The Morgan fingerprint density at radius 3 is 2.52 bits per heavy atom. The molecule has 9 nitrogen and oxygen atoms in total. The number of fused-ring (bicyclic) bond motifs is 1. The fourth-order valence-corrected chi connectivity index (χ4v) is 4.53. The van der Waals surface area contributed by atoms with Crippen LogP contribution in [0, 0.1) is 0 Å². The van der Waals surface area contributed by atoms with Crippen LogP contribution in [0.3, 0.4) is 0 Å². The molecule has 3 N–H and O–H groups in total. The Bertz CT molecular complexity index is 965. The molecule has 2 aromatic carbocycles. The van der Waals surface area contributed by atoms with Gasteiger partial charge in [0.25, 0.3) is 5.91 Å². The van der Waals surface area contributed by atoms with E-state index < -0.39 is 23.9 Å². The predicted octanol–water partition coefficient (Wildman–Crippen LogP) is 3.09. The van der Waals surface area contributed by atoms with Crippen LogP contribution < -0.4 is 19.9 Å². The number of benzene rings is 2. The van der Waals surface area contributed by atoms with Crippen LogP contribution in [-0.2, 0) is 16.0 Å². The first-order valence-corrected chi connectivity index (χ1v) is 10.4. The molecule has 0 radical (unpaired) electrons. The zero-order valence-corrected chi connectivity index (χ0v) is 17.6. The first-order chi connectivity index (χ1) is 14.9. The van der Waals surface area contributed by atoms with Gasteiger partial charge in [-0.05, 0) is 49.1 Å². The highest BCUT2D eigenvalue weighted by Crippen LogP contribution is 2.42. The summed E-state index contributed by atoms with van der Waals surface area (Å²) in [5.74, 6) is -0.231. The first-order valence-electron chi connectivity index (χ1n) is 9.50. The van der Waals surface area contributed by atoms with Gasteiger partial charge >= 0.3 is 6.16 Å². The molecule has 164 valence electrons. The minimum atomic E-state index is -1.48. The van der Waals surface area contributed by atoms with Crippen molar-refractivity contribution in [3.8, 4) is 11.5 Å². The third-order valence-corrected chi connectivity index (χ3v) is 6.08.